The van der Waals surface area contributed by atoms with Gasteiger partial charge in [0.15, 0.2) is 12.6 Å². The average Bonchev–Trinajstić information content (AvgIpc) is 1.84. The summed E-state index contributed by atoms with van der Waals surface area (Å²) in [5, 5.41) is 87.3. The number of aliphatic hydroxyl groups is 8. The summed E-state index contributed by atoms with van der Waals surface area (Å²) in [5.41, 5.74) is 0. The number of allylic oxidation sites excluding steroid dienone is 17. The number of hydrogen-bond donors (Lipinski definition) is 9. The molecule has 12 atom stereocenters. The van der Waals surface area contributed by atoms with Crippen molar-refractivity contribution in [3.8, 4) is 0 Å². The van der Waals surface area contributed by atoms with E-state index in [1.54, 1.807) is 6.08 Å². The van der Waals surface area contributed by atoms with Crippen molar-refractivity contribution < 1.29 is 64.6 Å². The summed E-state index contributed by atoms with van der Waals surface area (Å²) in [6.45, 7) is 2.67. The molecular formula is C74H127NO13. The molecule has 0 radical (unpaired) electrons. The van der Waals surface area contributed by atoms with Crippen molar-refractivity contribution in [2.75, 3.05) is 19.8 Å². The van der Waals surface area contributed by atoms with Crippen LogP contribution in [0.25, 0.3) is 0 Å². The maximum atomic E-state index is 13.3. The Balaban J connectivity index is 1.66. The minimum atomic E-state index is -1.80. The third-order valence-electron chi connectivity index (χ3n) is 16.4. The highest BCUT2D eigenvalue weighted by atomic mass is 16.7. The van der Waals surface area contributed by atoms with E-state index in [-0.39, 0.29) is 18.9 Å². The summed E-state index contributed by atoms with van der Waals surface area (Å²) in [5.74, 6) is -0.255. The van der Waals surface area contributed by atoms with Crippen molar-refractivity contribution in [2.24, 2.45) is 0 Å². The molecule has 0 aromatic heterocycles. The van der Waals surface area contributed by atoms with Crippen molar-refractivity contribution in [1.29, 1.82) is 0 Å². The van der Waals surface area contributed by atoms with Gasteiger partial charge in [0.05, 0.1) is 32.0 Å². The lowest BCUT2D eigenvalue weighted by atomic mass is 9.97. The van der Waals surface area contributed by atoms with Crippen LogP contribution in [-0.2, 0) is 23.7 Å². The molecule has 2 aliphatic heterocycles. The van der Waals surface area contributed by atoms with E-state index in [0.29, 0.717) is 12.8 Å². The standard InChI is InChI=1S/C74H127NO13/c1-3-5-7-9-11-13-15-17-19-21-23-24-25-26-27-28-29-30-31-32-33-34-35-36-37-38-40-42-44-46-48-50-52-54-56-58-66(79)75-62(63(78)57-55-53-51-49-47-45-43-41-39-22-20-18-16-14-12-10-8-6-4-2)61-85-73-71(84)69(82)72(65(60-77)87-73)88-74-70(83)68(81)67(80)64(59-76)86-74/h5,7,11,13,17,19,23-24,26-27,29-30,39,41,47,49,55,57,62-65,67-74,76-78,80-84H,3-4,6,8-10,12,14-16,18,20-22,25,28,31-38,40,42-46,48,50-54,56,58-61H2,1-2H3,(H,75,79)/b7-5-,13-11-,19-17-,24-23-,27-26-,30-29-,41-39+,49-47+,57-55+. The fourth-order valence-electron chi connectivity index (χ4n) is 10.9. The number of nitrogens with one attached hydrogen (secondary N) is 1. The van der Waals surface area contributed by atoms with Gasteiger partial charge in [-0.15, -0.1) is 0 Å². The summed E-state index contributed by atoms with van der Waals surface area (Å²) in [4.78, 5) is 13.3. The van der Waals surface area contributed by atoms with Crippen LogP contribution in [0.2, 0.25) is 0 Å². The Kier molecular flexibility index (Phi) is 52.8. The molecule has 2 saturated heterocycles. The second kappa shape index (κ2) is 57.5. The maximum Gasteiger partial charge on any atom is 0.220 e. The van der Waals surface area contributed by atoms with Gasteiger partial charge < -0.3 is 65.1 Å². The normalized spacial score (nSPS) is 23.8. The smallest absolute Gasteiger partial charge is 0.220 e. The molecule has 14 heteroatoms. The van der Waals surface area contributed by atoms with Crippen LogP contribution < -0.4 is 5.32 Å². The number of unbranched alkanes of at least 4 members (excludes halogenated alkanes) is 27. The molecule has 0 aromatic carbocycles. The zero-order chi connectivity index (χ0) is 63.8. The molecule has 506 valence electrons. The van der Waals surface area contributed by atoms with Crippen molar-refractivity contribution in [3.05, 3.63) is 109 Å². The molecule has 0 aliphatic carbocycles. The van der Waals surface area contributed by atoms with E-state index in [1.165, 1.54) is 141 Å². The van der Waals surface area contributed by atoms with Gasteiger partial charge in [-0.05, 0) is 96.3 Å². The predicted octanol–water partition coefficient (Wildman–Crippen LogP) is 14.3. The first-order chi connectivity index (χ1) is 43.1. The fraction of sp³-hybridized carbons (Fsp3) is 0.743. The third kappa shape index (κ3) is 41.2. The molecule has 2 fully saturated rings. The van der Waals surface area contributed by atoms with Crippen molar-refractivity contribution >= 4 is 5.91 Å². The van der Waals surface area contributed by atoms with E-state index < -0.39 is 86.8 Å². The summed E-state index contributed by atoms with van der Waals surface area (Å²) in [6.07, 6.45) is 65.7. The second-order valence-corrected chi connectivity index (χ2v) is 24.3. The van der Waals surface area contributed by atoms with Crippen molar-refractivity contribution in [1.82, 2.24) is 5.32 Å². The largest absolute Gasteiger partial charge is 0.394 e. The van der Waals surface area contributed by atoms with Crippen LogP contribution >= 0.6 is 0 Å². The van der Waals surface area contributed by atoms with E-state index in [4.69, 9.17) is 18.9 Å². The topological polar surface area (TPSA) is 228 Å². The highest BCUT2D eigenvalue weighted by molar-refractivity contribution is 5.76. The number of carbonyl (C=O) groups is 1. The van der Waals surface area contributed by atoms with Gasteiger partial charge >= 0.3 is 0 Å². The lowest BCUT2D eigenvalue weighted by Gasteiger charge is -2.46. The molecular weight excluding hydrogens is 1110 g/mol. The van der Waals surface area contributed by atoms with E-state index >= 15 is 0 Å². The Hall–Kier alpha value is -3.35. The predicted molar refractivity (Wildman–Crippen MR) is 359 cm³/mol. The minimum absolute atomic E-state index is 0.255. The van der Waals surface area contributed by atoms with Gasteiger partial charge in [-0.3, -0.25) is 4.79 Å². The van der Waals surface area contributed by atoms with Crippen LogP contribution in [0.3, 0.4) is 0 Å². The van der Waals surface area contributed by atoms with E-state index in [0.717, 1.165) is 83.5 Å². The number of amides is 1. The Morgan fingerprint density at radius 1 is 0.420 bits per heavy atom. The molecule has 0 bridgehead atoms. The SMILES string of the molecule is CC/C=C\C/C=C\C/C=C\C/C=C\C/C=C\C/C=C\CCCCCCCCCCCCCCCCCCC(=O)NC(COC1OC(CO)C(OC2OC(CO)C(O)C(O)C2O)C(O)C1O)C(O)/C=C/CC/C=C/CC/C=C/CCCCCCCCCCC. The molecule has 2 rings (SSSR count). The first-order valence-corrected chi connectivity index (χ1v) is 35.1. The highest BCUT2D eigenvalue weighted by Crippen LogP contribution is 2.30. The molecule has 2 aliphatic rings. The molecule has 2 heterocycles. The van der Waals surface area contributed by atoms with Gasteiger partial charge in [-0.1, -0.05) is 264 Å². The van der Waals surface area contributed by atoms with Crippen LogP contribution in [0.1, 0.15) is 258 Å². The van der Waals surface area contributed by atoms with Crippen molar-refractivity contribution in [3.63, 3.8) is 0 Å². The molecule has 9 N–H and O–H groups in total. The molecule has 0 aromatic rings. The van der Waals surface area contributed by atoms with E-state index in [1.807, 2.05) is 6.08 Å². The molecule has 0 saturated carbocycles. The van der Waals surface area contributed by atoms with Crippen LogP contribution in [-0.4, -0.2) is 140 Å². The quantitative estimate of drug-likeness (QED) is 0.0204. The van der Waals surface area contributed by atoms with E-state index in [9.17, 15) is 45.6 Å². The molecule has 0 spiro atoms. The van der Waals surface area contributed by atoms with Gasteiger partial charge in [0.25, 0.3) is 0 Å². The summed E-state index contributed by atoms with van der Waals surface area (Å²) < 4.78 is 22.8. The number of hydrogen-bond acceptors (Lipinski definition) is 13. The number of carbonyl (C=O) groups excluding carboxylic acids is 1. The summed E-state index contributed by atoms with van der Waals surface area (Å²) in [6, 6.07) is -0.944. The number of ether oxygens (including phenoxy) is 4. The molecule has 1 amide bonds. The highest BCUT2D eigenvalue weighted by Gasteiger charge is 2.51. The lowest BCUT2D eigenvalue weighted by molar-refractivity contribution is -0.359. The van der Waals surface area contributed by atoms with Gasteiger partial charge in [-0.2, -0.15) is 0 Å². The lowest BCUT2D eigenvalue weighted by Crippen LogP contribution is -2.65. The molecule has 14 nitrogen and oxygen atoms in total. The van der Waals surface area contributed by atoms with E-state index in [2.05, 4.69) is 116 Å². The average molecular weight is 1240 g/mol. The summed E-state index contributed by atoms with van der Waals surface area (Å²) in [7, 11) is 0. The van der Waals surface area contributed by atoms with Crippen LogP contribution in [0, 0.1) is 0 Å². The van der Waals surface area contributed by atoms with Crippen molar-refractivity contribution in [2.45, 2.75) is 331 Å². The zero-order valence-electron chi connectivity index (χ0n) is 54.9. The Bertz CT molecular complexity index is 1890. The third-order valence-corrected chi connectivity index (χ3v) is 16.4. The monoisotopic (exact) mass is 1240 g/mol. The number of rotatable bonds is 56. The Labute approximate surface area is 534 Å². The first-order valence-electron chi connectivity index (χ1n) is 35.1. The molecule has 12 unspecified atom stereocenters. The zero-order valence-corrected chi connectivity index (χ0v) is 54.9. The Morgan fingerprint density at radius 2 is 0.795 bits per heavy atom. The first kappa shape index (κ1) is 80.7. The van der Waals surface area contributed by atoms with Gasteiger partial charge in [0, 0.05) is 6.42 Å². The van der Waals surface area contributed by atoms with Gasteiger partial charge in [0.2, 0.25) is 5.91 Å². The summed E-state index contributed by atoms with van der Waals surface area (Å²) >= 11 is 0. The van der Waals surface area contributed by atoms with Gasteiger partial charge in [-0.25, -0.2) is 0 Å². The number of aliphatic hydroxyl groups excluding tert-OH is 8. The Morgan fingerprint density at radius 3 is 1.25 bits per heavy atom. The fourth-order valence-corrected chi connectivity index (χ4v) is 10.9. The van der Waals surface area contributed by atoms with Crippen LogP contribution in [0.15, 0.2) is 109 Å². The maximum absolute atomic E-state index is 13.3. The van der Waals surface area contributed by atoms with Gasteiger partial charge in [0.1, 0.15) is 48.8 Å². The second-order valence-electron chi connectivity index (χ2n) is 24.3. The minimum Gasteiger partial charge on any atom is -0.394 e. The van der Waals surface area contributed by atoms with Crippen LogP contribution in [0.5, 0.6) is 0 Å². The van der Waals surface area contributed by atoms with Crippen LogP contribution in [0.4, 0.5) is 0 Å². The molecule has 88 heavy (non-hydrogen) atoms.